The molecule has 1 fully saturated rings. The predicted octanol–water partition coefficient (Wildman–Crippen LogP) is 1.42. The average Bonchev–Trinajstić information content (AvgIpc) is 2.95. The van der Waals surface area contributed by atoms with Gasteiger partial charge in [0.2, 0.25) is 0 Å². The van der Waals surface area contributed by atoms with Crippen LogP contribution in [0.5, 0.6) is 0 Å². The van der Waals surface area contributed by atoms with Gasteiger partial charge in [0.05, 0.1) is 17.4 Å². The van der Waals surface area contributed by atoms with Crippen molar-refractivity contribution in [1.29, 1.82) is 0 Å². The zero-order chi connectivity index (χ0) is 15.5. The number of rotatable bonds is 6. The molecule has 0 radical (unpaired) electrons. The van der Waals surface area contributed by atoms with E-state index in [1.54, 1.807) is 4.57 Å². The first-order valence-electron chi connectivity index (χ1n) is 7.27. The van der Waals surface area contributed by atoms with Crippen LogP contribution in [0.4, 0.5) is 0 Å². The number of imidazole rings is 1. The molecule has 2 rings (SSSR count). The topological polar surface area (TPSA) is 90.0 Å². The van der Waals surface area contributed by atoms with Crippen molar-refractivity contribution in [2.24, 2.45) is 11.7 Å². The van der Waals surface area contributed by atoms with E-state index in [2.05, 4.69) is 9.71 Å². The van der Waals surface area contributed by atoms with Crippen molar-refractivity contribution in [1.82, 2.24) is 14.3 Å². The average molecular weight is 330 g/mol. The maximum atomic E-state index is 12.4. The number of thiocarbonyl (C=S) groups is 1. The summed E-state index contributed by atoms with van der Waals surface area (Å²) in [7, 11) is -3.69. The zero-order valence-electron chi connectivity index (χ0n) is 12.2. The Balaban J connectivity index is 2.16. The number of sulfonamides is 1. The van der Waals surface area contributed by atoms with E-state index in [0.717, 1.165) is 25.7 Å². The molecule has 1 atom stereocenters. The van der Waals surface area contributed by atoms with E-state index < -0.39 is 16.1 Å². The van der Waals surface area contributed by atoms with Gasteiger partial charge in [0.25, 0.3) is 10.0 Å². The molecule has 21 heavy (non-hydrogen) atoms. The highest BCUT2D eigenvalue weighted by Crippen LogP contribution is 2.27. The molecule has 3 N–H and O–H groups in total. The highest BCUT2D eigenvalue weighted by molar-refractivity contribution is 7.89. The molecule has 1 aliphatic rings. The minimum atomic E-state index is -3.69. The summed E-state index contributed by atoms with van der Waals surface area (Å²) in [6.45, 7) is 2.59. The van der Waals surface area contributed by atoms with Gasteiger partial charge in [-0.2, -0.15) is 4.72 Å². The monoisotopic (exact) mass is 330 g/mol. The SMILES string of the molecule is CCn1cnc(S(=O)(=O)NC(C(N)=S)C2CCCCC2)c1. The summed E-state index contributed by atoms with van der Waals surface area (Å²) in [6.07, 6.45) is 8.30. The zero-order valence-corrected chi connectivity index (χ0v) is 13.8. The predicted molar refractivity (Wildman–Crippen MR) is 85.4 cm³/mol. The van der Waals surface area contributed by atoms with Crippen molar-refractivity contribution in [3.8, 4) is 0 Å². The minimum absolute atomic E-state index is 0.0152. The molecule has 118 valence electrons. The first-order chi connectivity index (χ1) is 9.94. The summed E-state index contributed by atoms with van der Waals surface area (Å²) in [4.78, 5) is 4.15. The van der Waals surface area contributed by atoms with Crippen molar-refractivity contribution in [2.75, 3.05) is 0 Å². The number of aryl methyl sites for hydroxylation is 1. The van der Waals surface area contributed by atoms with Crippen molar-refractivity contribution in [3.05, 3.63) is 12.5 Å². The van der Waals surface area contributed by atoms with Crippen LogP contribution in [0.25, 0.3) is 0 Å². The molecule has 0 aromatic carbocycles. The molecule has 1 unspecified atom stereocenters. The Labute approximate surface area is 131 Å². The molecule has 1 heterocycles. The second-order valence-electron chi connectivity index (χ2n) is 5.44. The summed E-state index contributed by atoms with van der Waals surface area (Å²) in [6, 6.07) is -0.489. The van der Waals surface area contributed by atoms with Gasteiger partial charge in [-0.3, -0.25) is 0 Å². The quantitative estimate of drug-likeness (QED) is 0.770. The Morgan fingerprint density at radius 2 is 2.19 bits per heavy atom. The number of hydrogen-bond donors (Lipinski definition) is 2. The number of nitrogens with one attached hydrogen (secondary N) is 1. The molecule has 1 aromatic heterocycles. The number of nitrogens with zero attached hydrogens (tertiary/aromatic N) is 2. The van der Waals surface area contributed by atoms with Gasteiger partial charge in [-0.25, -0.2) is 13.4 Å². The lowest BCUT2D eigenvalue weighted by atomic mass is 9.84. The maximum Gasteiger partial charge on any atom is 0.260 e. The Kier molecular flexibility index (Phi) is 5.34. The molecular weight excluding hydrogens is 308 g/mol. The van der Waals surface area contributed by atoms with Gasteiger partial charge in [-0.1, -0.05) is 31.5 Å². The summed E-state index contributed by atoms with van der Waals surface area (Å²) in [5, 5.41) is 0.0152. The van der Waals surface area contributed by atoms with Crippen LogP contribution in [0.3, 0.4) is 0 Å². The van der Waals surface area contributed by atoms with Gasteiger partial charge in [-0.15, -0.1) is 0 Å². The van der Waals surface area contributed by atoms with Crippen LogP contribution < -0.4 is 10.5 Å². The van der Waals surface area contributed by atoms with E-state index in [0.29, 0.717) is 6.54 Å². The van der Waals surface area contributed by atoms with Gasteiger partial charge in [0.15, 0.2) is 5.03 Å². The number of nitrogens with two attached hydrogens (primary N) is 1. The molecule has 0 aliphatic heterocycles. The number of hydrogen-bond acceptors (Lipinski definition) is 4. The fourth-order valence-electron chi connectivity index (χ4n) is 2.73. The van der Waals surface area contributed by atoms with Crippen molar-refractivity contribution in [3.63, 3.8) is 0 Å². The second-order valence-corrected chi connectivity index (χ2v) is 7.57. The van der Waals surface area contributed by atoms with Gasteiger partial charge in [0, 0.05) is 12.7 Å². The summed E-state index contributed by atoms with van der Waals surface area (Å²) in [5.41, 5.74) is 5.76. The van der Waals surface area contributed by atoms with Crippen molar-refractivity contribution < 1.29 is 8.42 Å². The van der Waals surface area contributed by atoms with Crippen LogP contribution in [0, 0.1) is 5.92 Å². The standard InChI is InChI=1S/C13H22N4O2S2/c1-2-17-8-11(15-9-17)21(18,19)16-12(13(14)20)10-6-4-3-5-7-10/h8-10,12,16H,2-7H2,1H3,(H2,14,20). The molecule has 0 saturated heterocycles. The Bertz CT molecular complexity index is 591. The van der Waals surface area contributed by atoms with Crippen LogP contribution in [0.15, 0.2) is 17.6 Å². The molecule has 0 spiro atoms. The number of aromatic nitrogens is 2. The first kappa shape index (κ1) is 16.4. The third-order valence-electron chi connectivity index (χ3n) is 3.96. The summed E-state index contributed by atoms with van der Waals surface area (Å²) >= 11 is 5.07. The minimum Gasteiger partial charge on any atom is -0.392 e. The van der Waals surface area contributed by atoms with E-state index in [1.807, 2.05) is 6.92 Å². The molecule has 0 bridgehead atoms. The highest BCUT2D eigenvalue weighted by Gasteiger charge is 2.31. The lowest BCUT2D eigenvalue weighted by Crippen LogP contribution is -2.48. The van der Waals surface area contributed by atoms with Crippen LogP contribution in [-0.2, 0) is 16.6 Å². The first-order valence-corrected chi connectivity index (χ1v) is 9.16. The van der Waals surface area contributed by atoms with E-state index in [9.17, 15) is 8.42 Å². The smallest absolute Gasteiger partial charge is 0.260 e. The Hall–Kier alpha value is -0.990. The summed E-state index contributed by atoms with van der Waals surface area (Å²) < 4.78 is 29.2. The maximum absolute atomic E-state index is 12.4. The summed E-state index contributed by atoms with van der Waals surface area (Å²) in [5.74, 6) is 0.180. The fraction of sp³-hybridized carbons (Fsp3) is 0.692. The Morgan fingerprint density at radius 1 is 1.52 bits per heavy atom. The normalized spacial score (nSPS) is 18.5. The molecule has 1 aliphatic carbocycles. The largest absolute Gasteiger partial charge is 0.392 e. The van der Waals surface area contributed by atoms with Crippen LogP contribution in [-0.4, -0.2) is 29.0 Å². The van der Waals surface area contributed by atoms with Crippen LogP contribution in [0.1, 0.15) is 39.0 Å². The van der Waals surface area contributed by atoms with Gasteiger partial charge < -0.3 is 10.3 Å². The molecule has 1 saturated carbocycles. The lowest BCUT2D eigenvalue weighted by Gasteiger charge is -2.29. The lowest BCUT2D eigenvalue weighted by molar-refractivity contribution is 0.330. The van der Waals surface area contributed by atoms with Gasteiger partial charge in [0.1, 0.15) is 0 Å². The van der Waals surface area contributed by atoms with Crippen molar-refractivity contribution in [2.45, 2.75) is 56.6 Å². The van der Waals surface area contributed by atoms with E-state index in [1.165, 1.54) is 18.9 Å². The third-order valence-corrected chi connectivity index (χ3v) is 5.54. The van der Waals surface area contributed by atoms with Crippen LogP contribution >= 0.6 is 12.2 Å². The third kappa shape index (κ3) is 4.02. The second kappa shape index (κ2) is 6.85. The van der Waals surface area contributed by atoms with E-state index in [4.69, 9.17) is 18.0 Å². The van der Waals surface area contributed by atoms with Crippen LogP contribution in [0.2, 0.25) is 0 Å². The fourth-order valence-corrected chi connectivity index (χ4v) is 4.29. The molecule has 6 nitrogen and oxygen atoms in total. The molecule has 0 amide bonds. The highest BCUT2D eigenvalue weighted by atomic mass is 32.2. The van der Waals surface area contributed by atoms with Gasteiger partial charge in [-0.05, 0) is 25.7 Å². The molecule has 1 aromatic rings. The Morgan fingerprint density at radius 3 is 2.71 bits per heavy atom. The van der Waals surface area contributed by atoms with Gasteiger partial charge >= 0.3 is 0 Å². The molecule has 8 heteroatoms. The van der Waals surface area contributed by atoms with E-state index in [-0.39, 0.29) is 15.9 Å². The molecular formula is C13H22N4O2S2. The van der Waals surface area contributed by atoms with Crippen molar-refractivity contribution >= 4 is 27.2 Å². The van der Waals surface area contributed by atoms with E-state index >= 15 is 0 Å².